The first-order valence-electron chi connectivity index (χ1n) is 5.57. The third-order valence-electron chi connectivity index (χ3n) is 2.08. The molecule has 0 bridgehead atoms. The van der Waals surface area contributed by atoms with Crippen LogP contribution in [0.4, 0.5) is 0 Å². The molecule has 0 aliphatic carbocycles. The van der Waals surface area contributed by atoms with Crippen molar-refractivity contribution in [1.29, 1.82) is 0 Å². The van der Waals surface area contributed by atoms with E-state index in [0.29, 0.717) is 6.61 Å². The van der Waals surface area contributed by atoms with E-state index in [9.17, 15) is 4.79 Å². The third kappa shape index (κ3) is 9.52. The molecular formula is C11H22O3. The molecule has 0 aliphatic heterocycles. The van der Waals surface area contributed by atoms with Crippen LogP contribution in [0, 0.1) is 0 Å². The van der Waals surface area contributed by atoms with Crippen LogP contribution in [0.2, 0.25) is 0 Å². The summed E-state index contributed by atoms with van der Waals surface area (Å²) in [5.74, 6) is -0.291. The van der Waals surface area contributed by atoms with Crippen LogP contribution in [-0.2, 0) is 9.53 Å². The zero-order chi connectivity index (χ0) is 10.6. The van der Waals surface area contributed by atoms with Crippen LogP contribution < -0.4 is 0 Å². The Hall–Kier alpha value is -0.570. The molecule has 0 saturated carbocycles. The number of aliphatic hydroxyl groups excluding tert-OH is 1. The molecular weight excluding hydrogens is 180 g/mol. The molecule has 0 heterocycles. The summed E-state index contributed by atoms with van der Waals surface area (Å²) >= 11 is 0. The summed E-state index contributed by atoms with van der Waals surface area (Å²) < 4.78 is 4.89. The minimum absolute atomic E-state index is 0.116. The molecule has 0 aromatic carbocycles. The highest BCUT2D eigenvalue weighted by Gasteiger charge is 1.99. The van der Waals surface area contributed by atoms with Crippen LogP contribution in [0.3, 0.4) is 0 Å². The molecule has 0 unspecified atom stereocenters. The Balaban J connectivity index is 3.01. The predicted molar refractivity (Wildman–Crippen MR) is 56.0 cm³/mol. The Morgan fingerprint density at radius 1 is 1.14 bits per heavy atom. The lowest BCUT2D eigenvalue weighted by Crippen LogP contribution is -2.07. The highest BCUT2D eigenvalue weighted by Crippen LogP contribution is 2.04. The summed E-state index contributed by atoms with van der Waals surface area (Å²) in [6.07, 6.45) is 7.26. The summed E-state index contributed by atoms with van der Waals surface area (Å²) in [6, 6.07) is 0. The molecule has 0 atom stereocenters. The van der Waals surface area contributed by atoms with Crippen LogP contribution >= 0.6 is 0 Å². The molecule has 14 heavy (non-hydrogen) atoms. The first-order chi connectivity index (χ1) is 6.81. The molecule has 0 radical (unpaired) electrons. The van der Waals surface area contributed by atoms with Gasteiger partial charge in [-0.25, -0.2) is 0 Å². The molecule has 0 rings (SSSR count). The fourth-order valence-corrected chi connectivity index (χ4v) is 1.23. The predicted octanol–water partition coefficient (Wildman–Crippen LogP) is 2.27. The number of aliphatic hydroxyl groups is 1. The van der Waals surface area contributed by atoms with Gasteiger partial charge in [-0.05, 0) is 6.42 Å². The maximum atomic E-state index is 10.8. The van der Waals surface area contributed by atoms with Crippen molar-refractivity contribution in [3.05, 3.63) is 0 Å². The van der Waals surface area contributed by atoms with E-state index in [1.54, 1.807) is 0 Å². The van der Waals surface area contributed by atoms with E-state index >= 15 is 0 Å². The van der Waals surface area contributed by atoms with Gasteiger partial charge < -0.3 is 9.84 Å². The Labute approximate surface area is 86.5 Å². The molecule has 84 valence electrons. The number of rotatable bonds is 9. The molecule has 0 fully saturated rings. The Kier molecular flexibility index (Phi) is 10.1. The number of hydrogen-bond acceptors (Lipinski definition) is 3. The fraction of sp³-hybridized carbons (Fsp3) is 0.909. The van der Waals surface area contributed by atoms with Crippen molar-refractivity contribution in [2.75, 3.05) is 13.2 Å². The number of ether oxygens (including phenoxy) is 1. The van der Waals surface area contributed by atoms with Gasteiger partial charge in [-0.1, -0.05) is 39.0 Å². The maximum absolute atomic E-state index is 10.8. The Morgan fingerprint density at radius 3 is 2.43 bits per heavy atom. The largest absolute Gasteiger partial charge is 0.466 e. The molecule has 3 heteroatoms. The number of unbranched alkanes of at least 4 members (excludes halogenated alkanes) is 5. The molecule has 0 spiro atoms. The van der Waals surface area contributed by atoms with Gasteiger partial charge in [-0.15, -0.1) is 0 Å². The zero-order valence-corrected chi connectivity index (χ0v) is 9.13. The molecule has 0 aliphatic rings. The molecule has 3 nitrogen and oxygen atoms in total. The number of esters is 1. The molecule has 0 aromatic heterocycles. The minimum Gasteiger partial charge on any atom is -0.466 e. The highest BCUT2D eigenvalue weighted by molar-refractivity contribution is 5.69. The number of hydrogen-bond donors (Lipinski definition) is 1. The Bertz CT molecular complexity index is 134. The van der Waals surface area contributed by atoms with Crippen molar-refractivity contribution in [3.8, 4) is 0 Å². The van der Waals surface area contributed by atoms with Gasteiger partial charge in [0.05, 0.1) is 19.6 Å². The van der Waals surface area contributed by atoms with E-state index in [0.717, 1.165) is 12.8 Å². The lowest BCUT2D eigenvalue weighted by molar-refractivity contribution is -0.144. The van der Waals surface area contributed by atoms with E-state index in [1.807, 2.05) is 0 Å². The van der Waals surface area contributed by atoms with Crippen LogP contribution in [0.5, 0.6) is 0 Å². The summed E-state index contributed by atoms with van der Waals surface area (Å²) in [7, 11) is 0. The van der Waals surface area contributed by atoms with Crippen LogP contribution in [0.25, 0.3) is 0 Å². The third-order valence-corrected chi connectivity index (χ3v) is 2.08. The van der Waals surface area contributed by atoms with Crippen LogP contribution in [0.15, 0.2) is 0 Å². The van der Waals surface area contributed by atoms with Crippen LogP contribution in [0.1, 0.15) is 51.9 Å². The van der Waals surface area contributed by atoms with Gasteiger partial charge in [0.2, 0.25) is 0 Å². The highest BCUT2D eigenvalue weighted by atomic mass is 16.5. The van der Waals surface area contributed by atoms with Crippen molar-refractivity contribution >= 4 is 5.97 Å². The summed E-state index contributed by atoms with van der Waals surface area (Å²) in [5, 5.41) is 8.44. The topological polar surface area (TPSA) is 46.5 Å². The second-order valence-corrected chi connectivity index (χ2v) is 3.46. The molecule has 0 saturated heterocycles. The molecule has 0 aromatic rings. The number of carbonyl (C=O) groups is 1. The monoisotopic (exact) mass is 202 g/mol. The maximum Gasteiger partial charge on any atom is 0.308 e. The van der Waals surface area contributed by atoms with E-state index in [1.165, 1.54) is 25.7 Å². The van der Waals surface area contributed by atoms with E-state index in [2.05, 4.69) is 6.92 Å². The fourth-order valence-electron chi connectivity index (χ4n) is 1.23. The smallest absolute Gasteiger partial charge is 0.308 e. The lowest BCUT2D eigenvalue weighted by atomic mass is 10.1. The van der Waals surface area contributed by atoms with Gasteiger partial charge in [0.1, 0.15) is 0 Å². The average molecular weight is 202 g/mol. The molecule has 0 amide bonds. The second kappa shape index (κ2) is 10.5. The first kappa shape index (κ1) is 13.4. The van der Waals surface area contributed by atoms with Gasteiger partial charge in [-0.2, -0.15) is 0 Å². The first-order valence-corrected chi connectivity index (χ1v) is 5.57. The lowest BCUT2D eigenvalue weighted by Gasteiger charge is -2.03. The van der Waals surface area contributed by atoms with Crippen LogP contribution in [-0.4, -0.2) is 24.3 Å². The van der Waals surface area contributed by atoms with Gasteiger partial charge in [-0.3, -0.25) is 4.79 Å². The normalized spacial score (nSPS) is 10.1. The minimum atomic E-state index is -0.291. The van der Waals surface area contributed by atoms with Gasteiger partial charge in [0.15, 0.2) is 0 Å². The van der Waals surface area contributed by atoms with E-state index in [-0.39, 0.29) is 19.0 Å². The summed E-state index contributed by atoms with van der Waals surface area (Å²) in [6.45, 7) is 2.58. The second-order valence-electron chi connectivity index (χ2n) is 3.46. The summed E-state index contributed by atoms with van der Waals surface area (Å²) in [5.41, 5.74) is 0. The van der Waals surface area contributed by atoms with Crippen molar-refractivity contribution < 1.29 is 14.6 Å². The number of carbonyl (C=O) groups excluding carboxylic acids is 1. The average Bonchev–Trinajstić information content (AvgIpc) is 2.17. The van der Waals surface area contributed by atoms with Crippen molar-refractivity contribution in [3.63, 3.8) is 0 Å². The van der Waals surface area contributed by atoms with E-state index < -0.39 is 0 Å². The SMILES string of the molecule is CCCCCCCCOC(=O)CCO. The zero-order valence-electron chi connectivity index (χ0n) is 9.13. The van der Waals surface area contributed by atoms with Gasteiger partial charge >= 0.3 is 5.97 Å². The van der Waals surface area contributed by atoms with E-state index in [4.69, 9.17) is 9.84 Å². The Morgan fingerprint density at radius 2 is 1.79 bits per heavy atom. The van der Waals surface area contributed by atoms with Crippen molar-refractivity contribution in [1.82, 2.24) is 0 Å². The molecule has 1 N–H and O–H groups in total. The van der Waals surface area contributed by atoms with Gasteiger partial charge in [0.25, 0.3) is 0 Å². The quantitative estimate of drug-likeness (QED) is 0.461. The summed E-state index contributed by atoms with van der Waals surface area (Å²) in [4.78, 5) is 10.8. The van der Waals surface area contributed by atoms with Gasteiger partial charge in [0, 0.05) is 0 Å². The van der Waals surface area contributed by atoms with Crippen molar-refractivity contribution in [2.45, 2.75) is 51.9 Å². The van der Waals surface area contributed by atoms with Crippen molar-refractivity contribution in [2.24, 2.45) is 0 Å². The standard InChI is InChI=1S/C11H22O3/c1-2-3-4-5-6-7-10-14-11(13)8-9-12/h12H,2-10H2,1H3.